The predicted octanol–water partition coefficient (Wildman–Crippen LogP) is 2.30. The Hall–Kier alpha value is -1.98. The normalized spacial score (nSPS) is 30.2. The number of nitrogens with one attached hydrogen (secondary N) is 3. The molecule has 1 amide bonds. The van der Waals surface area contributed by atoms with Crippen LogP contribution < -0.4 is 16.2 Å². The number of rotatable bonds is 1. The van der Waals surface area contributed by atoms with Gasteiger partial charge in [0.1, 0.15) is 0 Å². The van der Waals surface area contributed by atoms with Crippen LogP contribution in [0.4, 0.5) is 0 Å². The Labute approximate surface area is 142 Å². The van der Waals surface area contributed by atoms with E-state index in [1.165, 1.54) is 5.56 Å². The van der Waals surface area contributed by atoms with Gasteiger partial charge in [-0.15, -0.1) is 0 Å². The van der Waals surface area contributed by atoms with Crippen molar-refractivity contribution in [3.8, 4) is 0 Å². The van der Waals surface area contributed by atoms with E-state index in [1.54, 1.807) is 0 Å². The molecule has 24 heavy (non-hydrogen) atoms. The number of para-hydroxylation sites is 1. The Morgan fingerprint density at radius 1 is 1.12 bits per heavy atom. The number of fused-ring (bicyclic) bond motifs is 2. The van der Waals surface area contributed by atoms with Gasteiger partial charge in [0.15, 0.2) is 0 Å². The summed E-state index contributed by atoms with van der Waals surface area (Å²) in [6.45, 7) is 6.73. The van der Waals surface area contributed by atoms with Gasteiger partial charge in [-0.1, -0.05) is 39.0 Å². The van der Waals surface area contributed by atoms with Gasteiger partial charge in [0.2, 0.25) is 5.91 Å². The quantitative estimate of drug-likeness (QED) is 0.753. The van der Waals surface area contributed by atoms with E-state index in [0.717, 1.165) is 10.9 Å². The predicted molar refractivity (Wildman–Crippen MR) is 94.0 cm³/mol. The number of benzene rings is 1. The molecule has 1 aromatic heterocycles. The van der Waals surface area contributed by atoms with Gasteiger partial charge in [-0.2, -0.15) is 0 Å². The SMILES string of the molecule is CC(C)(C)C1NNC2NC(=O)CC(c3ccnc4ccccc34)C21. The second-order valence-corrected chi connectivity index (χ2v) is 7.98. The Morgan fingerprint density at radius 2 is 1.92 bits per heavy atom. The van der Waals surface area contributed by atoms with Crippen LogP contribution in [0.5, 0.6) is 0 Å². The lowest BCUT2D eigenvalue weighted by Gasteiger charge is -2.40. The molecule has 3 heterocycles. The van der Waals surface area contributed by atoms with Crippen molar-refractivity contribution in [2.75, 3.05) is 0 Å². The maximum atomic E-state index is 12.3. The van der Waals surface area contributed by atoms with Crippen LogP contribution in [0.15, 0.2) is 36.5 Å². The van der Waals surface area contributed by atoms with Crippen molar-refractivity contribution < 1.29 is 4.79 Å². The van der Waals surface area contributed by atoms with Gasteiger partial charge in [-0.25, -0.2) is 5.43 Å². The molecule has 0 saturated carbocycles. The number of piperidine rings is 1. The number of nitrogens with zero attached hydrogens (tertiary/aromatic N) is 1. The molecular weight excluding hydrogens is 300 g/mol. The van der Waals surface area contributed by atoms with Gasteiger partial charge in [-0.3, -0.25) is 15.2 Å². The van der Waals surface area contributed by atoms with Crippen LogP contribution in [0, 0.1) is 11.3 Å². The van der Waals surface area contributed by atoms with Crippen molar-refractivity contribution >= 4 is 16.8 Å². The highest BCUT2D eigenvalue weighted by atomic mass is 16.2. The lowest BCUT2D eigenvalue weighted by molar-refractivity contribution is -0.125. The monoisotopic (exact) mass is 324 g/mol. The van der Waals surface area contributed by atoms with Crippen molar-refractivity contribution in [3.05, 3.63) is 42.1 Å². The van der Waals surface area contributed by atoms with E-state index in [2.05, 4.69) is 54.1 Å². The third-order valence-corrected chi connectivity index (χ3v) is 5.37. The Morgan fingerprint density at radius 3 is 2.71 bits per heavy atom. The topological polar surface area (TPSA) is 66.0 Å². The van der Waals surface area contributed by atoms with Gasteiger partial charge in [-0.05, 0) is 23.1 Å². The number of amides is 1. The lowest BCUT2D eigenvalue weighted by Crippen LogP contribution is -2.53. The summed E-state index contributed by atoms with van der Waals surface area (Å²) in [5, 5.41) is 4.25. The molecule has 5 nitrogen and oxygen atoms in total. The third kappa shape index (κ3) is 2.48. The molecule has 0 aliphatic carbocycles. The van der Waals surface area contributed by atoms with E-state index < -0.39 is 0 Å². The molecule has 0 spiro atoms. The summed E-state index contributed by atoms with van der Waals surface area (Å²) < 4.78 is 0. The first-order valence-electron chi connectivity index (χ1n) is 8.59. The van der Waals surface area contributed by atoms with E-state index in [4.69, 9.17) is 0 Å². The van der Waals surface area contributed by atoms with E-state index in [0.29, 0.717) is 12.3 Å². The van der Waals surface area contributed by atoms with Crippen LogP contribution in [0.2, 0.25) is 0 Å². The van der Waals surface area contributed by atoms with E-state index in [-0.39, 0.29) is 29.4 Å². The molecular formula is C19H24N4O. The number of hydrogen-bond donors (Lipinski definition) is 3. The summed E-state index contributed by atoms with van der Waals surface area (Å²) >= 11 is 0. The fraction of sp³-hybridized carbons (Fsp3) is 0.474. The van der Waals surface area contributed by atoms with Crippen molar-refractivity contribution in [2.45, 2.75) is 45.3 Å². The van der Waals surface area contributed by atoms with Crippen molar-refractivity contribution in [3.63, 3.8) is 0 Å². The van der Waals surface area contributed by atoms with Crippen molar-refractivity contribution in [2.24, 2.45) is 11.3 Å². The summed E-state index contributed by atoms with van der Waals surface area (Å²) in [5.41, 5.74) is 9.03. The minimum absolute atomic E-state index is 0.0348. The maximum Gasteiger partial charge on any atom is 0.221 e. The third-order valence-electron chi connectivity index (χ3n) is 5.37. The zero-order valence-electron chi connectivity index (χ0n) is 14.3. The molecule has 2 saturated heterocycles. The lowest BCUT2D eigenvalue weighted by atomic mass is 9.69. The molecule has 4 unspecified atom stereocenters. The number of carbonyl (C=O) groups is 1. The van der Waals surface area contributed by atoms with Crippen molar-refractivity contribution in [1.29, 1.82) is 0 Å². The fourth-order valence-electron chi connectivity index (χ4n) is 4.28. The minimum Gasteiger partial charge on any atom is -0.339 e. The summed E-state index contributed by atoms with van der Waals surface area (Å²) in [6.07, 6.45) is 2.35. The average Bonchev–Trinajstić information content (AvgIpc) is 2.97. The number of pyridine rings is 1. The van der Waals surface area contributed by atoms with Gasteiger partial charge < -0.3 is 5.32 Å². The highest BCUT2D eigenvalue weighted by Gasteiger charge is 2.50. The van der Waals surface area contributed by atoms with Crippen LogP contribution in [-0.4, -0.2) is 23.1 Å². The molecule has 2 aliphatic rings. The molecule has 4 atom stereocenters. The second kappa shape index (κ2) is 5.53. The molecule has 0 radical (unpaired) electrons. The summed E-state index contributed by atoms with van der Waals surface area (Å²) in [7, 11) is 0. The first-order valence-corrected chi connectivity index (χ1v) is 8.59. The van der Waals surface area contributed by atoms with E-state index in [1.807, 2.05) is 24.4 Å². The molecule has 2 fully saturated rings. The highest BCUT2D eigenvalue weighted by Crippen LogP contribution is 2.43. The molecule has 5 heteroatoms. The van der Waals surface area contributed by atoms with Crippen LogP contribution in [0.1, 0.15) is 38.7 Å². The van der Waals surface area contributed by atoms with Gasteiger partial charge in [0.25, 0.3) is 0 Å². The Bertz CT molecular complexity index is 777. The number of aromatic nitrogens is 1. The highest BCUT2D eigenvalue weighted by molar-refractivity contribution is 5.85. The van der Waals surface area contributed by atoms with Crippen LogP contribution in [0.3, 0.4) is 0 Å². The summed E-state index contributed by atoms with van der Waals surface area (Å²) in [4.78, 5) is 16.8. The van der Waals surface area contributed by atoms with E-state index >= 15 is 0 Å². The largest absolute Gasteiger partial charge is 0.339 e. The fourth-order valence-corrected chi connectivity index (χ4v) is 4.28. The van der Waals surface area contributed by atoms with Crippen LogP contribution in [0.25, 0.3) is 10.9 Å². The Balaban J connectivity index is 1.83. The maximum absolute atomic E-state index is 12.3. The zero-order valence-corrected chi connectivity index (χ0v) is 14.3. The number of hydrogen-bond acceptors (Lipinski definition) is 4. The van der Waals surface area contributed by atoms with Gasteiger partial charge in [0, 0.05) is 35.9 Å². The summed E-state index contributed by atoms with van der Waals surface area (Å²) in [6, 6.07) is 10.6. The molecule has 126 valence electrons. The molecule has 4 rings (SSSR count). The number of carbonyl (C=O) groups excluding carboxylic acids is 1. The minimum atomic E-state index is -0.0348. The first-order chi connectivity index (χ1) is 11.4. The molecule has 0 bridgehead atoms. The molecule has 2 aromatic rings. The average molecular weight is 324 g/mol. The molecule has 1 aromatic carbocycles. The van der Waals surface area contributed by atoms with Crippen LogP contribution in [-0.2, 0) is 4.79 Å². The van der Waals surface area contributed by atoms with Gasteiger partial charge in [0.05, 0.1) is 11.7 Å². The Kier molecular flexibility index (Phi) is 3.58. The van der Waals surface area contributed by atoms with Gasteiger partial charge >= 0.3 is 0 Å². The van der Waals surface area contributed by atoms with E-state index in [9.17, 15) is 4.79 Å². The molecule has 2 aliphatic heterocycles. The zero-order chi connectivity index (χ0) is 16.9. The first kappa shape index (κ1) is 15.5. The number of hydrazine groups is 1. The van der Waals surface area contributed by atoms with Crippen molar-refractivity contribution in [1.82, 2.24) is 21.2 Å². The van der Waals surface area contributed by atoms with Crippen LogP contribution >= 0.6 is 0 Å². The molecule has 3 N–H and O–H groups in total. The summed E-state index contributed by atoms with van der Waals surface area (Å²) in [5.74, 6) is 0.572. The smallest absolute Gasteiger partial charge is 0.221 e. The standard InChI is InChI=1S/C19H24N4O/c1-19(2,3)17-16-13(10-15(24)21-18(16)23-22-17)11-8-9-20-14-7-5-4-6-12(11)14/h4-9,13,16-18,22-23H,10H2,1-3H3,(H,21,24). The second-order valence-electron chi connectivity index (χ2n) is 7.98.